The van der Waals surface area contributed by atoms with Crippen LogP contribution in [0.5, 0.6) is 0 Å². The summed E-state index contributed by atoms with van der Waals surface area (Å²) in [7, 11) is 2.93. The second kappa shape index (κ2) is 5.98. The number of rotatable bonds is 4. The van der Waals surface area contributed by atoms with Crippen LogP contribution in [-0.2, 0) is 9.47 Å². The average Bonchev–Trinajstić information content (AvgIpc) is 2.69. The zero-order valence-corrected chi connectivity index (χ0v) is 12.4. The maximum atomic E-state index is 12.4. The summed E-state index contributed by atoms with van der Waals surface area (Å²) in [5.41, 5.74) is 0.828. The van der Waals surface area contributed by atoms with E-state index in [0.717, 1.165) is 0 Å². The zero-order valence-electron chi connectivity index (χ0n) is 10.9. The molecule has 0 bridgehead atoms. The molecule has 1 atom stereocenters. The van der Waals surface area contributed by atoms with Crippen LogP contribution in [0.3, 0.4) is 0 Å². The van der Waals surface area contributed by atoms with Crippen LogP contribution in [0.1, 0.15) is 22.0 Å². The van der Waals surface area contributed by atoms with Gasteiger partial charge in [-0.2, -0.15) is 5.26 Å². The van der Waals surface area contributed by atoms with Gasteiger partial charge in [-0.1, -0.05) is 23.2 Å². The first-order valence-electron chi connectivity index (χ1n) is 5.78. The minimum atomic E-state index is -0.768. The van der Waals surface area contributed by atoms with Gasteiger partial charge < -0.3 is 14.4 Å². The molecule has 1 heterocycles. The number of carbonyl (C=O) groups excluding carboxylic acids is 1. The van der Waals surface area contributed by atoms with Crippen LogP contribution in [0.4, 0.5) is 0 Å². The number of amides is 1. The third-order valence-corrected chi connectivity index (χ3v) is 3.70. The zero-order chi connectivity index (χ0) is 14.9. The van der Waals surface area contributed by atoms with Crippen molar-refractivity contribution in [2.24, 2.45) is 0 Å². The number of hydrogen-bond donors (Lipinski definition) is 0. The van der Waals surface area contributed by atoms with E-state index in [2.05, 4.69) is 6.07 Å². The minimum absolute atomic E-state index is 0.132. The van der Waals surface area contributed by atoms with Crippen LogP contribution in [-0.4, -0.2) is 37.9 Å². The second-order valence-corrected chi connectivity index (χ2v) is 5.08. The molecule has 1 aromatic rings. The number of halogens is 2. The summed E-state index contributed by atoms with van der Waals surface area (Å²) in [4.78, 5) is 13.7. The van der Waals surface area contributed by atoms with E-state index >= 15 is 0 Å². The van der Waals surface area contributed by atoms with Crippen LogP contribution in [0.15, 0.2) is 12.1 Å². The van der Waals surface area contributed by atoms with Crippen molar-refractivity contribution in [3.05, 3.63) is 33.3 Å². The first-order chi connectivity index (χ1) is 9.53. The van der Waals surface area contributed by atoms with Gasteiger partial charge in [-0.3, -0.25) is 4.79 Å². The van der Waals surface area contributed by atoms with Crippen molar-refractivity contribution in [3.63, 3.8) is 0 Å². The van der Waals surface area contributed by atoms with E-state index < -0.39 is 12.3 Å². The highest BCUT2D eigenvalue weighted by Crippen LogP contribution is 2.39. The molecule has 0 saturated carbocycles. The van der Waals surface area contributed by atoms with E-state index in [1.807, 2.05) is 0 Å². The molecule has 7 heteroatoms. The van der Waals surface area contributed by atoms with Gasteiger partial charge in [0.15, 0.2) is 6.29 Å². The molecule has 1 aromatic carbocycles. The van der Waals surface area contributed by atoms with Gasteiger partial charge in [-0.05, 0) is 12.1 Å². The number of nitrogens with zero attached hydrogens (tertiary/aromatic N) is 2. The van der Waals surface area contributed by atoms with Crippen molar-refractivity contribution in [3.8, 4) is 6.07 Å². The maximum absolute atomic E-state index is 12.4. The standard InChI is InChI=1S/C13H12Cl2N2O3/c1-19-11(20-2)6-17-10(5-16)12-8(13(17)18)3-7(14)4-9(12)15/h3-4,10-11H,6H2,1-2H3. The Kier molecular flexibility index (Phi) is 4.51. The predicted octanol–water partition coefficient (Wildman–Crippen LogP) is 2.63. The molecule has 0 spiro atoms. The van der Waals surface area contributed by atoms with Crippen LogP contribution in [0.2, 0.25) is 10.0 Å². The number of carbonyl (C=O) groups is 1. The van der Waals surface area contributed by atoms with Gasteiger partial charge in [-0.25, -0.2) is 0 Å². The molecule has 0 aromatic heterocycles. The molecular formula is C13H12Cl2N2O3. The Balaban J connectivity index is 2.42. The number of methoxy groups -OCH3 is 2. The normalized spacial score (nSPS) is 17.5. The average molecular weight is 315 g/mol. The van der Waals surface area contributed by atoms with Crippen LogP contribution >= 0.6 is 23.2 Å². The molecule has 2 rings (SSSR count). The van der Waals surface area contributed by atoms with Crippen molar-refractivity contribution in [1.82, 2.24) is 4.90 Å². The first-order valence-corrected chi connectivity index (χ1v) is 6.54. The van der Waals surface area contributed by atoms with Gasteiger partial charge in [0, 0.05) is 35.4 Å². The Morgan fingerprint density at radius 3 is 2.60 bits per heavy atom. The van der Waals surface area contributed by atoms with Crippen molar-refractivity contribution >= 4 is 29.1 Å². The van der Waals surface area contributed by atoms with E-state index in [-0.39, 0.29) is 12.5 Å². The molecule has 0 aliphatic carbocycles. The molecule has 106 valence electrons. The van der Waals surface area contributed by atoms with Crippen molar-refractivity contribution < 1.29 is 14.3 Å². The molecule has 0 radical (unpaired) electrons. The van der Waals surface area contributed by atoms with Crippen molar-refractivity contribution in [2.75, 3.05) is 20.8 Å². The lowest BCUT2D eigenvalue weighted by Crippen LogP contribution is -2.36. The fourth-order valence-corrected chi connectivity index (χ4v) is 2.79. The molecule has 1 amide bonds. The summed E-state index contributed by atoms with van der Waals surface area (Å²) in [5, 5.41) is 10.00. The lowest BCUT2D eigenvalue weighted by molar-refractivity contribution is -0.113. The molecule has 1 aliphatic rings. The SMILES string of the molecule is COC(CN1C(=O)c2cc(Cl)cc(Cl)c2C1C#N)OC. The monoisotopic (exact) mass is 314 g/mol. The van der Waals surface area contributed by atoms with Gasteiger partial charge in [0.2, 0.25) is 0 Å². The van der Waals surface area contributed by atoms with Gasteiger partial charge in [0.25, 0.3) is 5.91 Å². The molecule has 0 fully saturated rings. The number of benzene rings is 1. The van der Waals surface area contributed by atoms with Crippen molar-refractivity contribution in [2.45, 2.75) is 12.3 Å². The van der Waals surface area contributed by atoms with E-state index in [9.17, 15) is 10.1 Å². The molecule has 1 unspecified atom stereocenters. The molecule has 20 heavy (non-hydrogen) atoms. The Bertz CT molecular complexity index is 582. The van der Waals surface area contributed by atoms with Crippen LogP contribution in [0, 0.1) is 11.3 Å². The third-order valence-electron chi connectivity index (χ3n) is 3.16. The Hall–Kier alpha value is -1.32. The molecule has 5 nitrogen and oxygen atoms in total. The van der Waals surface area contributed by atoms with Crippen LogP contribution < -0.4 is 0 Å². The van der Waals surface area contributed by atoms with Crippen LogP contribution in [0.25, 0.3) is 0 Å². The lowest BCUT2D eigenvalue weighted by atomic mass is 10.1. The predicted molar refractivity (Wildman–Crippen MR) is 73.7 cm³/mol. The van der Waals surface area contributed by atoms with E-state index in [0.29, 0.717) is 21.2 Å². The lowest BCUT2D eigenvalue weighted by Gasteiger charge is -2.24. The number of hydrogen-bond acceptors (Lipinski definition) is 4. The van der Waals surface area contributed by atoms with Gasteiger partial charge in [0.05, 0.1) is 12.6 Å². The summed E-state index contributed by atoms with van der Waals surface area (Å²) in [5.74, 6) is -0.310. The Labute approximate surface area is 126 Å². The highest BCUT2D eigenvalue weighted by atomic mass is 35.5. The number of fused-ring (bicyclic) bond motifs is 1. The van der Waals surface area contributed by atoms with E-state index in [1.165, 1.54) is 31.3 Å². The summed E-state index contributed by atoms with van der Waals surface area (Å²) >= 11 is 12.0. The molecule has 0 saturated heterocycles. The summed E-state index contributed by atoms with van der Waals surface area (Å²) in [6.45, 7) is 0.132. The fourth-order valence-electron chi connectivity index (χ4n) is 2.20. The van der Waals surface area contributed by atoms with Gasteiger partial charge in [0.1, 0.15) is 6.04 Å². The Morgan fingerprint density at radius 1 is 1.40 bits per heavy atom. The quantitative estimate of drug-likeness (QED) is 0.801. The van der Waals surface area contributed by atoms with Gasteiger partial charge >= 0.3 is 0 Å². The second-order valence-electron chi connectivity index (χ2n) is 4.24. The molecule has 0 N–H and O–H groups in total. The number of ether oxygens (including phenoxy) is 2. The largest absolute Gasteiger partial charge is 0.354 e. The fraction of sp³-hybridized carbons (Fsp3) is 0.385. The first kappa shape index (κ1) is 15.1. The highest BCUT2D eigenvalue weighted by Gasteiger charge is 2.40. The molecule has 1 aliphatic heterocycles. The number of nitriles is 1. The highest BCUT2D eigenvalue weighted by molar-refractivity contribution is 6.36. The topological polar surface area (TPSA) is 62.6 Å². The smallest absolute Gasteiger partial charge is 0.255 e. The van der Waals surface area contributed by atoms with E-state index in [1.54, 1.807) is 0 Å². The van der Waals surface area contributed by atoms with E-state index in [4.69, 9.17) is 32.7 Å². The Morgan fingerprint density at radius 2 is 2.05 bits per heavy atom. The van der Waals surface area contributed by atoms with Crippen molar-refractivity contribution in [1.29, 1.82) is 5.26 Å². The molecular weight excluding hydrogens is 303 g/mol. The third kappa shape index (κ3) is 2.48. The summed E-state index contributed by atoms with van der Waals surface area (Å²) < 4.78 is 10.1. The maximum Gasteiger partial charge on any atom is 0.255 e. The minimum Gasteiger partial charge on any atom is -0.354 e. The van der Waals surface area contributed by atoms with Gasteiger partial charge in [-0.15, -0.1) is 0 Å². The summed E-state index contributed by atoms with van der Waals surface area (Å²) in [6.07, 6.45) is -0.613. The summed E-state index contributed by atoms with van der Waals surface area (Å²) in [6, 6.07) is 4.35.